The minimum atomic E-state index is 0.227. The van der Waals surface area contributed by atoms with Crippen LogP contribution in [0.25, 0.3) is 0 Å². The van der Waals surface area contributed by atoms with Crippen molar-refractivity contribution >= 4 is 11.6 Å². The van der Waals surface area contributed by atoms with Crippen molar-refractivity contribution < 1.29 is 9.15 Å². The van der Waals surface area contributed by atoms with Crippen LogP contribution in [-0.4, -0.2) is 4.98 Å². The lowest BCUT2D eigenvalue weighted by Crippen LogP contribution is -1.83. The van der Waals surface area contributed by atoms with Crippen molar-refractivity contribution in [2.24, 2.45) is 0 Å². The molecule has 0 bridgehead atoms. The average molecular weight is 210 g/mol. The number of benzene rings is 1. The zero-order valence-electron chi connectivity index (χ0n) is 7.53. The van der Waals surface area contributed by atoms with Gasteiger partial charge in [0.2, 0.25) is 0 Å². The van der Waals surface area contributed by atoms with Gasteiger partial charge in [-0.25, -0.2) is 0 Å². The van der Waals surface area contributed by atoms with Gasteiger partial charge in [0.05, 0.1) is 5.69 Å². The average Bonchev–Trinajstić information content (AvgIpc) is 2.51. The second-order valence-electron chi connectivity index (χ2n) is 2.81. The Labute approximate surface area is 86.3 Å². The summed E-state index contributed by atoms with van der Waals surface area (Å²) in [7, 11) is 0. The van der Waals surface area contributed by atoms with Crippen LogP contribution >= 0.6 is 11.6 Å². The minimum Gasteiger partial charge on any atom is -0.417 e. The number of hydrogen-bond donors (Lipinski definition) is 0. The molecule has 0 saturated heterocycles. The Bertz CT molecular complexity index is 439. The Hall–Kier alpha value is -1.48. The molecule has 3 nitrogen and oxygen atoms in total. The van der Waals surface area contributed by atoms with E-state index in [-0.39, 0.29) is 6.08 Å². The summed E-state index contributed by atoms with van der Waals surface area (Å²) >= 11 is 5.79. The van der Waals surface area contributed by atoms with Crippen molar-refractivity contribution in [2.75, 3.05) is 0 Å². The summed E-state index contributed by atoms with van der Waals surface area (Å²) in [5, 5.41) is 0.616. The molecule has 1 aromatic heterocycles. The third-order valence-corrected chi connectivity index (χ3v) is 1.83. The fourth-order valence-corrected chi connectivity index (χ4v) is 1.19. The molecule has 4 heteroatoms. The maximum Gasteiger partial charge on any atom is 0.399 e. The van der Waals surface area contributed by atoms with Crippen molar-refractivity contribution in [1.29, 1.82) is 0 Å². The van der Waals surface area contributed by atoms with Crippen molar-refractivity contribution in [2.45, 2.75) is 6.92 Å². The molecule has 14 heavy (non-hydrogen) atoms. The monoisotopic (exact) mass is 209 g/mol. The first kappa shape index (κ1) is 9.09. The van der Waals surface area contributed by atoms with E-state index in [0.29, 0.717) is 10.8 Å². The summed E-state index contributed by atoms with van der Waals surface area (Å²) in [4.78, 5) is 4.00. The molecule has 0 aliphatic rings. The normalized spacial score (nSPS) is 10.1. The SMILES string of the molecule is Cc1coc(Oc2cccc(Cl)c2)n1. The molecule has 0 amide bonds. The van der Waals surface area contributed by atoms with Gasteiger partial charge in [-0.1, -0.05) is 17.7 Å². The molecular formula is C10H8ClNO2. The van der Waals surface area contributed by atoms with Crippen LogP contribution in [-0.2, 0) is 0 Å². The van der Waals surface area contributed by atoms with Gasteiger partial charge in [0, 0.05) is 5.02 Å². The highest BCUT2D eigenvalue weighted by atomic mass is 35.5. The van der Waals surface area contributed by atoms with E-state index >= 15 is 0 Å². The number of aryl methyl sites for hydroxylation is 1. The Kier molecular flexibility index (Phi) is 2.41. The molecule has 0 atom stereocenters. The smallest absolute Gasteiger partial charge is 0.399 e. The van der Waals surface area contributed by atoms with Crippen LogP contribution in [0.15, 0.2) is 34.9 Å². The van der Waals surface area contributed by atoms with E-state index in [1.807, 2.05) is 6.92 Å². The summed E-state index contributed by atoms with van der Waals surface area (Å²) in [6, 6.07) is 7.05. The van der Waals surface area contributed by atoms with Crippen LogP contribution in [0.3, 0.4) is 0 Å². The van der Waals surface area contributed by atoms with Gasteiger partial charge in [-0.15, -0.1) is 0 Å². The lowest BCUT2D eigenvalue weighted by molar-refractivity contribution is 0.331. The van der Waals surface area contributed by atoms with Crippen molar-refractivity contribution in [3.63, 3.8) is 0 Å². The molecule has 1 aromatic carbocycles. The lowest BCUT2D eigenvalue weighted by atomic mass is 10.3. The fraction of sp³-hybridized carbons (Fsp3) is 0.100. The van der Waals surface area contributed by atoms with Crippen LogP contribution in [0.1, 0.15) is 5.69 Å². The number of rotatable bonds is 2. The maximum atomic E-state index is 5.79. The summed E-state index contributed by atoms with van der Waals surface area (Å²) in [6.07, 6.45) is 1.75. The zero-order chi connectivity index (χ0) is 9.97. The van der Waals surface area contributed by atoms with E-state index < -0.39 is 0 Å². The van der Waals surface area contributed by atoms with Crippen molar-refractivity contribution in [3.8, 4) is 11.8 Å². The molecule has 2 aromatic rings. The van der Waals surface area contributed by atoms with Crippen LogP contribution in [0, 0.1) is 6.92 Å². The second kappa shape index (κ2) is 3.72. The van der Waals surface area contributed by atoms with Crippen molar-refractivity contribution in [3.05, 3.63) is 41.2 Å². The van der Waals surface area contributed by atoms with E-state index in [0.717, 1.165) is 5.69 Å². The molecule has 0 spiro atoms. The molecule has 0 unspecified atom stereocenters. The number of halogens is 1. The van der Waals surface area contributed by atoms with Gasteiger partial charge in [-0.2, -0.15) is 4.98 Å². The molecule has 0 saturated carbocycles. The number of aromatic nitrogens is 1. The predicted molar refractivity (Wildman–Crippen MR) is 52.8 cm³/mol. The first-order valence-corrected chi connectivity index (χ1v) is 4.47. The molecule has 0 fully saturated rings. The number of nitrogens with zero attached hydrogens (tertiary/aromatic N) is 1. The quantitative estimate of drug-likeness (QED) is 0.760. The molecule has 0 aliphatic heterocycles. The third-order valence-electron chi connectivity index (χ3n) is 1.60. The van der Waals surface area contributed by atoms with Crippen LogP contribution in [0.2, 0.25) is 5.02 Å². The third kappa shape index (κ3) is 2.06. The van der Waals surface area contributed by atoms with Gasteiger partial charge >= 0.3 is 6.08 Å². The topological polar surface area (TPSA) is 35.3 Å². The largest absolute Gasteiger partial charge is 0.417 e. The summed E-state index contributed by atoms with van der Waals surface area (Å²) in [5.41, 5.74) is 0.780. The standard InChI is InChI=1S/C10H8ClNO2/c1-7-6-13-10(12-7)14-9-4-2-3-8(11)5-9/h2-6H,1H3. The lowest BCUT2D eigenvalue weighted by Gasteiger charge is -1.99. The molecule has 2 rings (SSSR count). The van der Waals surface area contributed by atoms with E-state index in [2.05, 4.69) is 4.98 Å². The molecule has 0 aliphatic carbocycles. The fourth-order valence-electron chi connectivity index (χ4n) is 1.01. The highest BCUT2D eigenvalue weighted by Crippen LogP contribution is 2.23. The summed E-state index contributed by atoms with van der Waals surface area (Å²) in [6.45, 7) is 1.83. The second-order valence-corrected chi connectivity index (χ2v) is 3.25. The van der Waals surface area contributed by atoms with E-state index in [4.69, 9.17) is 20.8 Å². The number of oxazole rings is 1. The maximum absolute atomic E-state index is 5.79. The molecule has 0 N–H and O–H groups in total. The predicted octanol–water partition coefficient (Wildman–Crippen LogP) is 3.43. The Morgan fingerprint density at radius 2 is 2.29 bits per heavy atom. The number of ether oxygens (including phenoxy) is 1. The molecule has 72 valence electrons. The van der Waals surface area contributed by atoms with E-state index in [1.165, 1.54) is 6.26 Å². The molecule has 0 radical (unpaired) electrons. The van der Waals surface area contributed by atoms with Gasteiger partial charge in [-0.05, 0) is 25.1 Å². The first-order chi connectivity index (χ1) is 6.74. The Balaban J connectivity index is 2.18. The van der Waals surface area contributed by atoms with Gasteiger partial charge in [-0.3, -0.25) is 0 Å². The first-order valence-electron chi connectivity index (χ1n) is 4.09. The van der Waals surface area contributed by atoms with Crippen LogP contribution in [0.5, 0.6) is 11.8 Å². The van der Waals surface area contributed by atoms with Crippen LogP contribution < -0.4 is 4.74 Å². The minimum absolute atomic E-state index is 0.227. The van der Waals surface area contributed by atoms with Gasteiger partial charge in [0.25, 0.3) is 0 Å². The molecule has 1 heterocycles. The van der Waals surface area contributed by atoms with Crippen LogP contribution in [0.4, 0.5) is 0 Å². The van der Waals surface area contributed by atoms with Gasteiger partial charge in [0.15, 0.2) is 0 Å². The Morgan fingerprint density at radius 1 is 1.43 bits per heavy atom. The Morgan fingerprint density at radius 3 is 2.93 bits per heavy atom. The zero-order valence-corrected chi connectivity index (χ0v) is 8.28. The van der Waals surface area contributed by atoms with E-state index in [1.54, 1.807) is 24.3 Å². The van der Waals surface area contributed by atoms with Gasteiger partial charge in [0.1, 0.15) is 12.0 Å². The van der Waals surface area contributed by atoms with E-state index in [9.17, 15) is 0 Å². The van der Waals surface area contributed by atoms with Crippen molar-refractivity contribution in [1.82, 2.24) is 4.98 Å². The number of hydrogen-bond acceptors (Lipinski definition) is 3. The highest BCUT2D eigenvalue weighted by Gasteiger charge is 2.03. The van der Waals surface area contributed by atoms with Gasteiger partial charge < -0.3 is 9.15 Å². The summed E-state index contributed by atoms with van der Waals surface area (Å²) in [5.74, 6) is 0.611. The summed E-state index contributed by atoms with van der Waals surface area (Å²) < 4.78 is 10.3. The highest BCUT2D eigenvalue weighted by molar-refractivity contribution is 6.30. The molecular weight excluding hydrogens is 202 g/mol.